The van der Waals surface area contributed by atoms with Gasteiger partial charge < -0.3 is 9.64 Å². The zero-order valence-electron chi connectivity index (χ0n) is 25.7. The molecule has 11 heteroatoms. The SMILES string of the molecule is CCOc1ccc(NS(=O)(=O)c2ccc3c(c2)C(=O)N(c2ccc(C)cc2)[C@@H](c2cccc([N+](=O)[O-])c2)N3Cc2ccccc2)cc1. The molecule has 0 radical (unpaired) electrons. The molecule has 0 aliphatic carbocycles. The van der Waals surface area contributed by atoms with Crippen LogP contribution in [0.3, 0.4) is 0 Å². The van der Waals surface area contributed by atoms with Crippen LogP contribution in [0.2, 0.25) is 0 Å². The zero-order valence-corrected chi connectivity index (χ0v) is 26.6. The van der Waals surface area contributed by atoms with E-state index in [2.05, 4.69) is 4.72 Å². The van der Waals surface area contributed by atoms with Crippen LogP contribution in [0.5, 0.6) is 5.75 Å². The molecule has 1 aliphatic heterocycles. The Balaban J connectivity index is 1.50. The highest BCUT2D eigenvalue weighted by atomic mass is 32.2. The molecule has 0 saturated heterocycles. The number of hydrogen-bond acceptors (Lipinski definition) is 7. The third kappa shape index (κ3) is 6.52. The molecule has 1 heterocycles. The summed E-state index contributed by atoms with van der Waals surface area (Å²) in [6.07, 6.45) is -0.790. The highest BCUT2D eigenvalue weighted by Gasteiger charge is 2.41. The van der Waals surface area contributed by atoms with Crippen LogP contribution in [0.15, 0.2) is 126 Å². The van der Waals surface area contributed by atoms with E-state index in [0.29, 0.717) is 41.5 Å². The second kappa shape index (κ2) is 13.0. The van der Waals surface area contributed by atoms with Crippen molar-refractivity contribution in [3.05, 3.63) is 154 Å². The van der Waals surface area contributed by atoms with E-state index in [-0.39, 0.29) is 16.1 Å². The fourth-order valence-electron chi connectivity index (χ4n) is 5.66. The van der Waals surface area contributed by atoms with Crippen molar-refractivity contribution in [1.82, 2.24) is 0 Å². The Morgan fingerprint density at radius 3 is 2.28 bits per heavy atom. The number of nitrogens with zero attached hydrogens (tertiary/aromatic N) is 3. The molecule has 1 atom stereocenters. The number of hydrogen-bond donors (Lipinski definition) is 1. The van der Waals surface area contributed by atoms with Crippen molar-refractivity contribution in [2.24, 2.45) is 0 Å². The first kappa shape index (κ1) is 31.3. The molecule has 0 spiro atoms. The quantitative estimate of drug-likeness (QED) is 0.123. The number of non-ortho nitro benzene ring substituents is 1. The summed E-state index contributed by atoms with van der Waals surface area (Å²) in [5.74, 6) is 0.172. The van der Waals surface area contributed by atoms with Gasteiger partial charge in [0.2, 0.25) is 0 Å². The van der Waals surface area contributed by atoms with Gasteiger partial charge in [-0.15, -0.1) is 0 Å². The number of fused-ring (bicyclic) bond motifs is 1. The molecular formula is C36H32N4O6S. The first-order valence-electron chi connectivity index (χ1n) is 15.0. The fraction of sp³-hybridized carbons (Fsp3) is 0.139. The van der Waals surface area contributed by atoms with Gasteiger partial charge in [0.05, 0.1) is 27.7 Å². The van der Waals surface area contributed by atoms with Crippen LogP contribution in [-0.4, -0.2) is 25.9 Å². The minimum Gasteiger partial charge on any atom is -0.494 e. The third-order valence-electron chi connectivity index (χ3n) is 7.88. The Morgan fingerprint density at radius 2 is 1.60 bits per heavy atom. The van der Waals surface area contributed by atoms with Gasteiger partial charge in [-0.25, -0.2) is 8.42 Å². The van der Waals surface area contributed by atoms with E-state index in [0.717, 1.165) is 11.1 Å². The second-order valence-corrected chi connectivity index (χ2v) is 12.8. The Morgan fingerprint density at radius 1 is 0.872 bits per heavy atom. The summed E-state index contributed by atoms with van der Waals surface area (Å²) < 4.78 is 35.3. The molecule has 0 bridgehead atoms. The third-order valence-corrected chi connectivity index (χ3v) is 9.26. The summed E-state index contributed by atoms with van der Waals surface area (Å²) in [6.45, 7) is 4.61. The average Bonchev–Trinajstić information content (AvgIpc) is 3.07. The van der Waals surface area contributed by atoms with Crippen LogP contribution in [0.1, 0.15) is 40.1 Å². The second-order valence-electron chi connectivity index (χ2n) is 11.1. The number of nitro groups is 1. The number of nitro benzene ring substituents is 1. The topological polar surface area (TPSA) is 122 Å². The Bertz CT molecular complexity index is 2040. The standard InChI is InChI=1S/C36H32N4O6S/c1-3-46-31-18-14-28(15-19-31)37-47(44,45)32-20-21-34-33(23-32)36(41)39(29-16-12-25(2)13-17-29)35(27-10-7-11-30(22-27)40(42)43)38(34)24-26-8-5-4-6-9-26/h4-23,35,37H,3,24H2,1-2H3/t35-/m0/s1. The van der Waals surface area contributed by atoms with E-state index in [1.165, 1.54) is 24.3 Å². The van der Waals surface area contributed by atoms with E-state index in [4.69, 9.17) is 4.74 Å². The number of sulfonamides is 1. The van der Waals surface area contributed by atoms with Gasteiger partial charge in [-0.3, -0.25) is 24.5 Å². The average molecular weight is 649 g/mol. The Kier molecular flexibility index (Phi) is 8.64. The number of benzene rings is 5. The number of rotatable bonds is 10. The monoisotopic (exact) mass is 648 g/mol. The summed E-state index contributed by atoms with van der Waals surface area (Å²) in [6, 6.07) is 34.3. The normalized spacial score (nSPS) is 14.4. The van der Waals surface area contributed by atoms with Gasteiger partial charge >= 0.3 is 0 Å². The van der Waals surface area contributed by atoms with Gasteiger partial charge in [0, 0.05) is 35.6 Å². The van der Waals surface area contributed by atoms with Crippen molar-refractivity contribution >= 4 is 38.7 Å². The lowest BCUT2D eigenvalue weighted by atomic mass is 9.98. The van der Waals surface area contributed by atoms with Crippen molar-refractivity contribution in [2.75, 3.05) is 21.1 Å². The lowest BCUT2D eigenvalue weighted by Crippen LogP contribution is -2.49. The Labute approximate surface area is 273 Å². The minimum absolute atomic E-state index is 0.0872. The molecule has 5 aromatic carbocycles. The molecule has 0 aromatic heterocycles. The first-order valence-corrected chi connectivity index (χ1v) is 16.5. The maximum atomic E-state index is 14.6. The maximum Gasteiger partial charge on any atom is 0.269 e. The largest absolute Gasteiger partial charge is 0.494 e. The van der Waals surface area contributed by atoms with Gasteiger partial charge in [0.1, 0.15) is 11.9 Å². The molecular weight excluding hydrogens is 616 g/mol. The van der Waals surface area contributed by atoms with Gasteiger partial charge in [-0.05, 0) is 74.0 Å². The maximum absolute atomic E-state index is 14.6. The number of aryl methyl sites for hydroxylation is 1. The smallest absolute Gasteiger partial charge is 0.269 e. The minimum atomic E-state index is -4.10. The van der Waals surface area contributed by atoms with Crippen molar-refractivity contribution in [1.29, 1.82) is 0 Å². The fourth-order valence-corrected chi connectivity index (χ4v) is 6.74. The highest BCUT2D eigenvalue weighted by molar-refractivity contribution is 7.92. The number of anilines is 3. The number of carbonyl (C=O) groups excluding carboxylic acids is 1. The summed E-state index contributed by atoms with van der Waals surface area (Å²) in [7, 11) is -4.10. The number of ether oxygens (including phenoxy) is 1. The van der Waals surface area contributed by atoms with E-state index < -0.39 is 27.0 Å². The van der Waals surface area contributed by atoms with Crippen LogP contribution in [0.25, 0.3) is 0 Å². The van der Waals surface area contributed by atoms with E-state index in [9.17, 15) is 23.3 Å². The summed E-state index contributed by atoms with van der Waals surface area (Å²) in [4.78, 5) is 29.4. The Hall–Kier alpha value is -5.68. The van der Waals surface area contributed by atoms with Crippen LogP contribution in [0.4, 0.5) is 22.7 Å². The van der Waals surface area contributed by atoms with Crippen molar-refractivity contribution < 1.29 is 22.9 Å². The summed E-state index contributed by atoms with van der Waals surface area (Å²) in [5.41, 5.74) is 3.92. The molecule has 10 nitrogen and oxygen atoms in total. The molecule has 47 heavy (non-hydrogen) atoms. The van der Waals surface area contributed by atoms with Gasteiger partial charge in [0.25, 0.3) is 21.6 Å². The van der Waals surface area contributed by atoms with E-state index in [1.807, 2.05) is 73.3 Å². The van der Waals surface area contributed by atoms with E-state index >= 15 is 0 Å². The lowest BCUT2D eigenvalue weighted by Gasteiger charge is -2.46. The van der Waals surface area contributed by atoms with Gasteiger partial charge in [0.15, 0.2) is 0 Å². The van der Waals surface area contributed by atoms with Gasteiger partial charge in [-0.2, -0.15) is 0 Å². The molecule has 1 N–H and O–H groups in total. The summed E-state index contributed by atoms with van der Waals surface area (Å²) in [5, 5.41) is 11.8. The lowest BCUT2D eigenvalue weighted by molar-refractivity contribution is -0.384. The highest BCUT2D eigenvalue weighted by Crippen LogP contribution is 2.43. The number of amides is 1. The summed E-state index contributed by atoms with van der Waals surface area (Å²) >= 11 is 0. The van der Waals surface area contributed by atoms with Crippen molar-refractivity contribution in [2.45, 2.75) is 31.5 Å². The zero-order chi connectivity index (χ0) is 33.1. The van der Waals surface area contributed by atoms with Crippen LogP contribution < -0.4 is 19.3 Å². The van der Waals surface area contributed by atoms with Crippen LogP contribution >= 0.6 is 0 Å². The molecule has 1 aliphatic rings. The van der Waals surface area contributed by atoms with Crippen LogP contribution in [0, 0.1) is 17.0 Å². The predicted molar refractivity (Wildman–Crippen MR) is 181 cm³/mol. The van der Waals surface area contributed by atoms with Crippen molar-refractivity contribution in [3.63, 3.8) is 0 Å². The first-order chi connectivity index (χ1) is 22.6. The number of nitrogens with one attached hydrogen (secondary N) is 1. The molecule has 1 amide bonds. The van der Waals surface area contributed by atoms with E-state index in [1.54, 1.807) is 47.4 Å². The molecule has 0 unspecified atom stereocenters. The van der Waals surface area contributed by atoms with Gasteiger partial charge in [-0.1, -0.05) is 60.2 Å². The molecule has 0 fully saturated rings. The molecule has 238 valence electrons. The molecule has 5 aromatic rings. The van der Waals surface area contributed by atoms with Crippen LogP contribution in [-0.2, 0) is 16.6 Å². The molecule has 6 rings (SSSR count). The predicted octanol–water partition coefficient (Wildman–Crippen LogP) is 7.47. The number of carbonyl (C=O) groups is 1. The molecule has 0 saturated carbocycles. The van der Waals surface area contributed by atoms with Crippen molar-refractivity contribution in [3.8, 4) is 5.75 Å².